The topological polar surface area (TPSA) is 93.2 Å². The number of nitrogens with zero attached hydrogens (tertiary/aromatic N) is 2. The molecule has 0 aliphatic heterocycles. The quantitative estimate of drug-likeness (QED) is 0.650. The molecular formula is C19H15ClN4O3. The van der Waals surface area contributed by atoms with Crippen LogP contribution in [-0.4, -0.2) is 29.2 Å². The Labute approximate surface area is 160 Å². The van der Waals surface area contributed by atoms with Gasteiger partial charge in [0.05, 0.1) is 12.7 Å². The van der Waals surface area contributed by atoms with Gasteiger partial charge in [0, 0.05) is 16.4 Å². The Balaban J connectivity index is 1.64. The van der Waals surface area contributed by atoms with E-state index in [-0.39, 0.29) is 5.69 Å². The van der Waals surface area contributed by atoms with Gasteiger partial charge in [-0.3, -0.25) is 4.79 Å². The van der Waals surface area contributed by atoms with Crippen LogP contribution < -0.4 is 10.6 Å². The first-order valence-electron chi connectivity index (χ1n) is 7.91. The van der Waals surface area contributed by atoms with Crippen molar-refractivity contribution in [1.29, 1.82) is 0 Å². The molecule has 0 fully saturated rings. The molecule has 1 heterocycles. The number of aromatic nitrogens is 2. The summed E-state index contributed by atoms with van der Waals surface area (Å²) in [7, 11) is 1.33. The van der Waals surface area contributed by atoms with Crippen LogP contribution >= 0.6 is 11.6 Å². The van der Waals surface area contributed by atoms with Gasteiger partial charge in [-0.1, -0.05) is 17.7 Å². The van der Waals surface area contributed by atoms with Crippen LogP contribution in [0.1, 0.15) is 20.8 Å². The summed E-state index contributed by atoms with van der Waals surface area (Å²) >= 11 is 5.89. The number of anilines is 3. The summed E-state index contributed by atoms with van der Waals surface area (Å²) in [4.78, 5) is 23.6. The van der Waals surface area contributed by atoms with Gasteiger partial charge in [0.2, 0.25) is 0 Å². The van der Waals surface area contributed by atoms with Crippen molar-refractivity contribution in [3.8, 4) is 0 Å². The van der Waals surface area contributed by atoms with E-state index in [0.29, 0.717) is 27.8 Å². The Hall–Kier alpha value is -3.45. The van der Waals surface area contributed by atoms with Gasteiger partial charge < -0.3 is 15.4 Å². The second-order valence-electron chi connectivity index (χ2n) is 5.46. The summed E-state index contributed by atoms with van der Waals surface area (Å²) in [5.74, 6) is -0.338. The van der Waals surface area contributed by atoms with Crippen molar-refractivity contribution < 1.29 is 14.3 Å². The number of benzene rings is 2. The van der Waals surface area contributed by atoms with Crippen LogP contribution in [0, 0.1) is 0 Å². The van der Waals surface area contributed by atoms with Crippen LogP contribution in [-0.2, 0) is 4.74 Å². The highest BCUT2D eigenvalue weighted by Gasteiger charge is 2.09. The van der Waals surface area contributed by atoms with Crippen LogP contribution in [0.2, 0.25) is 5.02 Å². The van der Waals surface area contributed by atoms with Crippen molar-refractivity contribution >= 4 is 40.7 Å². The first-order valence-corrected chi connectivity index (χ1v) is 8.29. The minimum atomic E-state index is -0.406. The molecule has 3 rings (SSSR count). The molecule has 0 saturated heterocycles. The third kappa shape index (κ3) is 4.80. The van der Waals surface area contributed by atoms with Gasteiger partial charge in [0.15, 0.2) is 11.5 Å². The zero-order valence-electron chi connectivity index (χ0n) is 14.3. The number of amides is 1. The van der Waals surface area contributed by atoms with E-state index in [0.717, 1.165) is 0 Å². The number of ether oxygens (including phenoxy) is 1. The fraction of sp³-hybridized carbons (Fsp3) is 0.0526. The average Bonchev–Trinajstić information content (AvgIpc) is 2.68. The standard InChI is InChI=1S/C19H15ClN4O3/c1-27-19(26)12-5-7-14(8-6-12)21-17-10-9-16(23-24-17)18(25)22-15-4-2-3-13(20)11-15/h2-11H,1H3,(H,21,24)(H,22,25). The number of halogens is 1. The highest BCUT2D eigenvalue weighted by atomic mass is 35.5. The van der Waals surface area contributed by atoms with Crippen LogP contribution in [0.25, 0.3) is 0 Å². The van der Waals surface area contributed by atoms with Crippen molar-refractivity contribution in [2.45, 2.75) is 0 Å². The van der Waals surface area contributed by atoms with Crippen molar-refractivity contribution in [3.05, 3.63) is 76.9 Å². The molecule has 0 saturated carbocycles. The minimum Gasteiger partial charge on any atom is -0.465 e. The molecule has 1 aromatic heterocycles. The SMILES string of the molecule is COC(=O)c1ccc(Nc2ccc(C(=O)Nc3cccc(Cl)c3)nn2)cc1. The number of esters is 1. The van der Waals surface area contributed by atoms with E-state index in [4.69, 9.17) is 11.6 Å². The molecule has 0 radical (unpaired) electrons. The first-order chi connectivity index (χ1) is 13.0. The molecule has 7 nitrogen and oxygen atoms in total. The van der Waals surface area contributed by atoms with E-state index >= 15 is 0 Å². The van der Waals surface area contributed by atoms with Crippen LogP contribution in [0.15, 0.2) is 60.7 Å². The lowest BCUT2D eigenvalue weighted by atomic mass is 10.2. The second-order valence-corrected chi connectivity index (χ2v) is 5.90. The fourth-order valence-corrected chi connectivity index (χ4v) is 2.43. The number of carbonyl (C=O) groups excluding carboxylic acids is 2. The summed E-state index contributed by atoms with van der Waals surface area (Å²) in [6.45, 7) is 0. The summed E-state index contributed by atoms with van der Waals surface area (Å²) in [6.07, 6.45) is 0. The molecule has 136 valence electrons. The van der Waals surface area contributed by atoms with Gasteiger partial charge >= 0.3 is 5.97 Å². The number of carbonyl (C=O) groups is 2. The molecule has 0 aliphatic rings. The molecule has 1 amide bonds. The Kier molecular flexibility index (Phi) is 5.63. The predicted octanol–water partition coefficient (Wildman–Crippen LogP) is 3.91. The number of rotatable bonds is 5. The molecule has 27 heavy (non-hydrogen) atoms. The normalized spacial score (nSPS) is 10.1. The maximum Gasteiger partial charge on any atom is 0.337 e. The molecule has 0 spiro atoms. The summed E-state index contributed by atoms with van der Waals surface area (Å²) < 4.78 is 4.65. The number of nitrogens with one attached hydrogen (secondary N) is 2. The Morgan fingerprint density at radius 2 is 1.74 bits per heavy atom. The average molecular weight is 383 g/mol. The van der Waals surface area contributed by atoms with E-state index in [1.165, 1.54) is 7.11 Å². The lowest BCUT2D eigenvalue weighted by molar-refractivity contribution is 0.0600. The molecular weight excluding hydrogens is 368 g/mol. The van der Waals surface area contributed by atoms with Crippen LogP contribution in [0.3, 0.4) is 0 Å². The van der Waals surface area contributed by atoms with Crippen molar-refractivity contribution in [1.82, 2.24) is 10.2 Å². The predicted molar refractivity (Wildman–Crippen MR) is 103 cm³/mol. The van der Waals surface area contributed by atoms with E-state index in [1.54, 1.807) is 60.7 Å². The van der Waals surface area contributed by atoms with Crippen molar-refractivity contribution in [2.24, 2.45) is 0 Å². The number of methoxy groups -OCH3 is 1. The van der Waals surface area contributed by atoms with Gasteiger partial charge in [-0.2, -0.15) is 0 Å². The first kappa shape index (κ1) is 18.3. The highest BCUT2D eigenvalue weighted by Crippen LogP contribution is 2.17. The van der Waals surface area contributed by atoms with Gasteiger partial charge in [-0.05, 0) is 54.6 Å². The molecule has 2 aromatic carbocycles. The van der Waals surface area contributed by atoms with Gasteiger partial charge in [0.1, 0.15) is 0 Å². The van der Waals surface area contributed by atoms with Gasteiger partial charge in [-0.25, -0.2) is 4.79 Å². The molecule has 3 aromatic rings. The molecule has 0 aliphatic carbocycles. The van der Waals surface area contributed by atoms with E-state index in [9.17, 15) is 9.59 Å². The largest absolute Gasteiger partial charge is 0.465 e. The van der Waals surface area contributed by atoms with Crippen molar-refractivity contribution in [3.63, 3.8) is 0 Å². The zero-order valence-corrected chi connectivity index (χ0v) is 15.0. The lowest BCUT2D eigenvalue weighted by Gasteiger charge is -2.07. The lowest BCUT2D eigenvalue weighted by Crippen LogP contribution is -2.14. The summed E-state index contributed by atoms with van der Waals surface area (Å²) in [5.41, 5.74) is 1.90. The Bertz CT molecular complexity index is 959. The molecule has 0 unspecified atom stereocenters. The van der Waals surface area contributed by atoms with E-state index in [1.807, 2.05) is 0 Å². The minimum absolute atomic E-state index is 0.168. The van der Waals surface area contributed by atoms with Crippen molar-refractivity contribution in [2.75, 3.05) is 17.7 Å². The van der Waals surface area contributed by atoms with E-state index < -0.39 is 11.9 Å². The number of hydrogen-bond donors (Lipinski definition) is 2. The smallest absolute Gasteiger partial charge is 0.337 e. The Morgan fingerprint density at radius 1 is 0.963 bits per heavy atom. The maximum absolute atomic E-state index is 12.2. The van der Waals surface area contributed by atoms with Crippen LogP contribution in [0.5, 0.6) is 0 Å². The number of hydrogen-bond acceptors (Lipinski definition) is 6. The summed E-state index contributed by atoms with van der Waals surface area (Å²) in [5, 5.41) is 14.2. The van der Waals surface area contributed by atoms with Gasteiger partial charge in [0.25, 0.3) is 5.91 Å². The third-order valence-corrected chi connectivity index (χ3v) is 3.79. The molecule has 0 atom stereocenters. The van der Waals surface area contributed by atoms with Gasteiger partial charge in [-0.15, -0.1) is 10.2 Å². The van der Waals surface area contributed by atoms with E-state index in [2.05, 4.69) is 25.6 Å². The monoisotopic (exact) mass is 382 g/mol. The van der Waals surface area contributed by atoms with Crippen LogP contribution in [0.4, 0.5) is 17.2 Å². The highest BCUT2D eigenvalue weighted by molar-refractivity contribution is 6.30. The fourth-order valence-electron chi connectivity index (χ4n) is 2.24. The maximum atomic E-state index is 12.2. The second kappa shape index (κ2) is 8.29. The Morgan fingerprint density at radius 3 is 2.37 bits per heavy atom. The summed E-state index contributed by atoms with van der Waals surface area (Å²) in [6, 6.07) is 16.7. The zero-order chi connectivity index (χ0) is 19.2. The molecule has 2 N–H and O–H groups in total. The molecule has 8 heteroatoms. The third-order valence-electron chi connectivity index (χ3n) is 3.56. The molecule has 0 bridgehead atoms.